The first-order valence-electron chi connectivity index (χ1n) is 10.9. The number of carbonyl (C=O) groups excluding carboxylic acids is 3. The SMILES string of the molecule is O.O=C1COc2cc(C(=O)N(Cc3ccc(C(=O)Nc4ccccc4)cc3)C3CC3)ccc2N1.[NH2-].[Y]. The molecule has 3 aromatic carbocycles. The largest absolute Gasteiger partial charge is 0.693 e. The van der Waals surface area contributed by atoms with Crippen LogP contribution in [0.3, 0.4) is 0 Å². The molecule has 1 saturated carbocycles. The predicted octanol–water partition coefficient (Wildman–Crippen LogP) is 3.96. The first kappa shape index (κ1) is 29.1. The summed E-state index contributed by atoms with van der Waals surface area (Å²) in [5.41, 5.74) is 3.35. The number of anilines is 2. The molecule has 36 heavy (non-hydrogen) atoms. The molecule has 0 aromatic heterocycles. The van der Waals surface area contributed by atoms with Crippen LogP contribution in [0.5, 0.6) is 5.75 Å². The van der Waals surface area contributed by atoms with Crippen LogP contribution in [0.2, 0.25) is 0 Å². The number of rotatable bonds is 6. The Balaban J connectivity index is 0.00000152. The molecule has 1 radical (unpaired) electrons. The van der Waals surface area contributed by atoms with E-state index >= 15 is 0 Å². The molecule has 6 N–H and O–H groups in total. The van der Waals surface area contributed by atoms with Crippen molar-refractivity contribution in [3.8, 4) is 5.75 Å². The van der Waals surface area contributed by atoms with Gasteiger partial charge in [0.1, 0.15) is 5.75 Å². The van der Waals surface area contributed by atoms with Crippen LogP contribution in [0.25, 0.3) is 6.15 Å². The van der Waals surface area contributed by atoms with Crippen molar-refractivity contribution in [1.29, 1.82) is 0 Å². The Bertz CT molecular complexity index is 1220. The van der Waals surface area contributed by atoms with E-state index < -0.39 is 0 Å². The number of amides is 3. The molecule has 0 atom stereocenters. The van der Waals surface area contributed by atoms with Crippen LogP contribution in [-0.4, -0.2) is 40.7 Å². The van der Waals surface area contributed by atoms with Gasteiger partial charge >= 0.3 is 0 Å². The first-order valence-corrected chi connectivity index (χ1v) is 10.9. The summed E-state index contributed by atoms with van der Waals surface area (Å²) in [6.07, 6.45) is 1.95. The zero-order valence-electron chi connectivity index (χ0n) is 19.6. The summed E-state index contributed by atoms with van der Waals surface area (Å²) in [4.78, 5) is 39.1. The molecule has 0 spiro atoms. The van der Waals surface area contributed by atoms with Gasteiger partial charge in [0.25, 0.3) is 17.7 Å². The van der Waals surface area contributed by atoms with Crippen LogP contribution in [-0.2, 0) is 44.0 Å². The topological polar surface area (TPSA) is 153 Å². The predicted molar refractivity (Wildman–Crippen MR) is 133 cm³/mol. The second-order valence-corrected chi connectivity index (χ2v) is 8.23. The molecule has 1 aliphatic heterocycles. The summed E-state index contributed by atoms with van der Waals surface area (Å²) in [6, 6.07) is 21.9. The van der Waals surface area contributed by atoms with Crippen molar-refractivity contribution in [3.63, 3.8) is 0 Å². The molecule has 3 aromatic rings. The maximum Gasteiger partial charge on any atom is 0.262 e. The van der Waals surface area contributed by atoms with E-state index in [1.807, 2.05) is 47.4 Å². The van der Waals surface area contributed by atoms with Gasteiger partial charge in [0.2, 0.25) is 0 Å². The second-order valence-electron chi connectivity index (χ2n) is 8.23. The normalized spacial score (nSPS) is 13.3. The van der Waals surface area contributed by atoms with Gasteiger partial charge in [0.15, 0.2) is 6.61 Å². The molecule has 0 bridgehead atoms. The van der Waals surface area contributed by atoms with Gasteiger partial charge in [-0.2, -0.15) is 0 Å². The second kappa shape index (κ2) is 12.7. The summed E-state index contributed by atoms with van der Waals surface area (Å²) in [6.45, 7) is 0.403. The van der Waals surface area contributed by atoms with Crippen LogP contribution < -0.4 is 15.4 Å². The number of nitrogens with zero attached hydrogens (tertiary/aromatic N) is 1. The quantitative estimate of drug-likeness (QED) is 0.465. The van der Waals surface area contributed by atoms with Crippen LogP contribution in [0, 0.1) is 0 Å². The summed E-state index contributed by atoms with van der Waals surface area (Å²) in [7, 11) is 0. The number of fused-ring (bicyclic) bond motifs is 1. The third kappa shape index (κ3) is 6.76. The molecule has 1 heterocycles. The zero-order chi connectivity index (χ0) is 22.8. The van der Waals surface area contributed by atoms with E-state index in [-0.39, 0.29) is 74.7 Å². The van der Waals surface area contributed by atoms with E-state index in [4.69, 9.17) is 4.74 Å². The van der Waals surface area contributed by atoms with Crippen molar-refractivity contribution in [2.24, 2.45) is 0 Å². The summed E-state index contributed by atoms with van der Waals surface area (Å²) in [5, 5.41) is 5.61. The summed E-state index contributed by atoms with van der Waals surface area (Å²) in [5.74, 6) is 0.0442. The van der Waals surface area contributed by atoms with Crippen molar-refractivity contribution in [3.05, 3.63) is 95.6 Å². The van der Waals surface area contributed by atoms with Gasteiger partial charge in [-0.25, -0.2) is 0 Å². The fourth-order valence-electron chi connectivity index (χ4n) is 3.81. The zero-order valence-corrected chi connectivity index (χ0v) is 22.4. The number of hydrogen-bond donors (Lipinski definition) is 2. The van der Waals surface area contributed by atoms with Crippen molar-refractivity contribution in [2.75, 3.05) is 17.2 Å². The number of ether oxygens (including phenoxy) is 1. The van der Waals surface area contributed by atoms with E-state index in [0.717, 1.165) is 24.1 Å². The Morgan fingerprint density at radius 3 is 2.31 bits per heavy atom. The number of para-hydroxylation sites is 1. The van der Waals surface area contributed by atoms with E-state index in [1.165, 1.54) is 0 Å². The van der Waals surface area contributed by atoms with Gasteiger partial charge in [0.05, 0.1) is 5.69 Å². The average Bonchev–Trinajstić information content (AvgIpc) is 3.68. The number of nitrogens with one attached hydrogen (secondary N) is 2. The minimum absolute atomic E-state index is 0. The number of hydrogen-bond acceptors (Lipinski definition) is 4. The third-order valence-corrected chi connectivity index (χ3v) is 5.71. The Morgan fingerprint density at radius 1 is 0.972 bits per heavy atom. The molecule has 1 aliphatic carbocycles. The maximum absolute atomic E-state index is 13.3. The van der Waals surface area contributed by atoms with Crippen LogP contribution in [0.15, 0.2) is 72.8 Å². The van der Waals surface area contributed by atoms with Crippen LogP contribution in [0.4, 0.5) is 11.4 Å². The van der Waals surface area contributed by atoms with E-state index in [1.54, 1.807) is 30.3 Å². The molecule has 5 rings (SSSR count). The molecule has 2 aliphatic rings. The van der Waals surface area contributed by atoms with Gasteiger partial charge in [-0.3, -0.25) is 14.4 Å². The fraction of sp³-hybridized carbons (Fsp3) is 0.192. The van der Waals surface area contributed by atoms with Crippen molar-refractivity contribution < 1.29 is 57.3 Å². The first-order chi connectivity index (χ1) is 16.1. The average molecular weight is 564 g/mol. The Hall–Kier alpha value is -3.11. The fourth-order valence-corrected chi connectivity index (χ4v) is 3.81. The Morgan fingerprint density at radius 2 is 1.64 bits per heavy atom. The van der Waals surface area contributed by atoms with Gasteiger partial charge < -0.3 is 31.9 Å². The Labute approximate surface area is 234 Å². The molecule has 10 heteroatoms. The smallest absolute Gasteiger partial charge is 0.262 e. The molecule has 0 unspecified atom stereocenters. The molecule has 185 valence electrons. The Kier molecular flexibility index (Phi) is 10.3. The van der Waals surface area contributed by atoms with Crippen molar-refractivity contribution >= 4 is 29.1 Å². The van der Waals surface area contributed by atoms with E-state index in [0.29, 0.717) is 29.1 Å². The summed E-state index contributed by atoms with van der Waals surface area (Å²) < 4.78 is 5.46. The van der Waals surface area contributed by atoms with Gasteiger partial charge in [0, 0.05) is 62.1 Å². The van der Waals surface area contributed by atoms with Gasteiger partial charge in [-0.05, 0) is 60.9 Å². The minimum Gasteiger partial charge on any atom is -0.693 e. The molecular weight excluding hydrogens is 537 g/mol. The van der Waals surface area contributed by atoms with Crippen LogP contribution in [0.1, 0.15) is 39.1 Å². The molecule has 1 fully saturated rings. The van der Waals surface area contributed by atoms with Gasteiger partial charge in [-0.15, -0.1) is 0 Å². The summed E-state index contributed by atoms with van der Waals surface area (Å²) >= 11 is 0. The standard InChI is InChI=1S/C26H23N3O4.H2N.H2O.Y/c30-24-16-33-23-14-19(10-13-22(23)28-24)26(32)29(21-11-12-21)15-17-6-8-18(9-7-17)25(31)27-20-4-2-1-3-5-20;;;/h1-10,13-14,21H,11-12,15-16H2,(H,27,31)(H,28,30);2*1H2;/q;-1;;. The van der Waals surface area contributed by atoms with Crippen molar-refractivity contribution in [1.82, 2.24) is 4.90 Å². The monoisotopic (exact) mass is 564 g/mol. The molecular formula is C26H27N4O5Y-. The molecule has 0 saturated heterocycles. The molecule has 9 nitrogen and oxygen atoms in total. The van der Waals surface area contributed by atoms with E-state index in [2.05, 4.69) is 10.6 Å². The number of carbonyl (C=O) groups is 3. The molecule has 3 amide bonds. The van der Waals surface area contributed by atoms with Gasteiger partial charge in [-0.1, -0.05) is 30.3 Å². The number of benzene rings is 3. The van der Waals surface area contributed by atoms with E-state index in [9.17, 15) is 14.4 Å². The van der Waals surface area contributed by atoms with Crippen molar-refractivity contribution in [2.45, 2.75) is 25.4 Å². The third-order valence-electron chi connectivity index (χ3n) is 5.71. The number of nitrogens with two attached hydrogens (primary N) is 1. The minimum atomic E-state index is -0.206. The maximum atomic E-state index is 13.3. The van der Waals surface area contributed by atoms with Crippen LogP contribution >= 0.6 is 0 Å².